The minimum absolute atomic E-state index is 0.363. The molecule has 0 saturated heterocycles. The predicted octanol–water partition coefficient (Wildman–Crippen LogP) is 3.42. The quantitative estimate of drug-likeness (QED) is 0.817. The Hall–Kier alpha value is -1.90. The number of aromatic nitrogens is 1. The summed E-state index contributed by atoms with van der Waals surface area (Å²) in [5.74, 6) is 0.829. The molecule has 0 spiro atoms. The van der Waals surface area contributed by atoms with E-state index in [2.05, 4.69) is 11.1 Å². The highest BCUT2D eigenvalue weighted by Crippen LogP contribution is 2.30. The Balaban J connectivity index is 2.34. The second-order valence-corrected chi connectivity index (χ2v) is 5.20. The highest BCUT2D eigenvalue weighted by Gasteiger charge is 2.12. The first kappa shape index (κ1) is 14.5. The molecule has 0 atom stereocenters. The van der Waals surface area contributed by atoms with Gasteiger partial charge in [0.05, 0.1) is 31.4 Å². The third-order valence-corrected chi connectivity index (χ3v) is 3.84. The Bertz CT molecular complexity index is 617. The summed E-state index contributed by atoms with van der Waals surface area (Å²) < 4.78 is 10.6. The van der Waals surface area contributed by atoms with Gasteiger partial charge in [-0.1, -0.05) is 12.1 Å². The lowest BCUT2D eigenvalue weighted by Gasteiger charge is -2.03. The molecule has 0 radical (unpaired) electrons. The maximum atomic E-state index is 8.87. The summed E-state index contributed by atoms with van der Waals surface area (Å²) in [5.41, 5.74) is 1.85. The molecule has 0 bridgehead atoms. The van der Waals surface area contributed by atoms with Gasteiger partial charge in [-0.3, -0.25) is 0 Å². The van der Waals surface area contributed by atoms with Gasteiger partial charge in [0, 0.05) is 17.6 Å². The van der Waals surface area contributed by atoms with Gasteiger partial charge in [-0.05, 0) is 19.1 Å². The number of ether oxygens (including phenoxy) is 2. The predicted molar refractivity (Wildman–Crippen MR) is 78.7 cm³/mol. The van der Waals surface area contributed by atoms with Crippen LogP contribution in [0.15, 0.2) is 24.3 Å². The molecule has 0 fully saturated rings. The first-order chi connectivity index (χ1) is 9.78. The van der Waals surface area contributed by atoms with Crippen LogP contribution in [0.25, 0.3) is 10.6 Å². The third kappa shape index (κ3) is 3.35. The van der Waals surface area contributed by atoms with Crippen LogP contribution in [0.5, 0.6) is 5.75 Å². The molecule has 104 valence electrons. The lowest BCUT2D eigenvalue weighted by molar-refractivity contribution is 0.181. The van der Waals surface area contributed by atoms with Gasteiger partial charge in [0.2, 0.25) is 0 Å². The van der Waals surface area contributed by atoms with E-state index in [1.165, 1.54) is 11.3 Å². The lowest BCUT2D eigenvalue weighted by atomic mass is 10.2. The standard InChI is InChI=1S/C15H16N2O2S/c1-3-19-12-6-4-5-11(9-12)15-17-13(10-18-2)14(20-15)7-8-16/h4-6,9H,3,7,10H2,1-2H3. The van der Waals surface area contributed by atoms with E-state index in [0.29, 0.717) is 19.6 Å². The van der Waals surface area contributed by atoms with Crippen LogP contribution in [0, 0.1) is 11.3 Å². The maximum Gasteiger partial charge on any atom is 0.124 e. The van der Waals surface area contributed by atoms with Crippen LogP contribution in [0.4, 0.5) is 0 Å². The smallest absolute Gasteiger partial charge is 0.124 e. The highest BCUT2D eigenvalue weighted by molar-refractivity contribution is 7.15. The van der Waals surface area contributed by atoms with E-state index in [9.17, 15) is 0 Å². The summed E-state index contributed by atoms with van der Waals surface area (Å²) in [4.78, 5) is 5.54. The van der Waals surface area contributed by atoms with Crippen LogP contribution < -0.4 is 4.74 Å². The van der Waals surface area contributed by atoms with E-state index in [0.717, 1.165) is 26.9 Å². The zero-order valence-electron chi connectivity index (χ0n) is 11.5. The SMILES string of the molecule is CCOc1cccc(-c2nc(COC)c(CC#N)s2)c1. The van der Waals surface area contributed by atoms with Gasteiger partial charge in [-0.15, -0.1) is 11.3 Å². The van der Waals surface area contributed by atoms with E-state index in [1.807, 2.05) is 31.2 Å². The van der Waals surface area contributed by atoms with Gasteiger partial charge in [0.15, 0.2) is 0 Å². The molecule has 4 nitrogen and oxygen atoms in total. The molecule has 5 heteroatoms. The molecule has 1 aromatic carbocycles. The van der Waals surface area contributed by atoms with Gasteiger partial charge in [-0.2, -0.15) is 5.26 Å². The minimum Gasteiger partial charge on any atom is -0.494 e. The third-order valence-electron chi connectivity index (χ3n) is 2.69. The Morgan fingerprint density at radius 1 is 1.40 bits per heavy atom. The number of nitriles is 1. The number of benzene rings is 1. The van der Waals surface area contributed by atoms with Crippen LogP contribution in [-0.4, -0.2) is 18.7 Å². The van der Waals surface area contributed by atoms with E-state index in [-0.39, 0.29) is 0 Å². The normalized spacial score (nSPS) is 10.2. The van der Waals surface area contributed by atoms with Gasteiger partial charge in [-0.25, -0.2) is 4.98 Å². The zero-order chi connectivity index (χ0) is 14.4. The van der Waals surface area contributed by atoms with Crippen molar-refractivity contribution >= 4 is 11.3 Å². The van der Waals surface area contributed by atoms with Crippen molar-refractivity contribution in [1.82, 2.24) is 4.98 Å². The molecule has 0 amide bonds. The van der Waals surface area contributed by atoms with Gasteiger partial charge in [0.1, 0.15) is 10.8 Å². The molecule has 2 aromatic rings. The summed E-state index contributed by atoms with van der Waals surface area (Å²) in [7, 11) is 1.63. The van der Waals surface area contributed by atoms with E-state index in [1.54, 1.807) is 7.11 Å². The van der Waals surface area contributed by atoms with Gasteiger partial charge in [0.25, 0.3) is 0 Å². The number of hydrogen-bond acceptors (Lipinski definition) is 5. The number of thiazole rings is 1. The van der Waals surface area contributed by atoms with Crippen molar-refractivity contribution in [3.8, 4) is 22.4 Å². The Morgan fingerprint density at radius 3 is 2.95 bits per heavy atom. The molecule has 1 heterocycles. The first-order valence-electron chi connectivity index (χ1n) is 6.36. The summed E-state index contributed by atoms with van der Waals surface area (Å²) in [6.07, 6.45) is 0.363. The number of hydrogen-bond donors (Lipinski definition) is 0. The fourth-order valence-corrected chi connectivity index (χ4v) is 2.84. The topological polar surface area (TPSA) is 55.1 Å². The molecule has 0 N–H and O–H groups in total. The second-order valence-electron chi connectivity index (χ2n) is 4.12. The van der Waals surface area contributed by atoms with Crippen molar-refractivity contribution < 1.29 is 9.47 Å². The van der Waals surface area contributed by atoms with Crippen molar-refractivity contribution in [2.24, 2.45) is 0 Å². The van der Waals surface area contributed by atoms with E-state index >= 15 is 0 Å². The van der Waals surface area contributed by atoms with Crippen molar-refractivity contribution in [2.75, 3.05) is 13.7 Å². The summed E-state index contributed by atoms with van der Waals surface area (Å²) in [6, 6.07) is 10.0. The van der Waals surface area contributed by atoms with Crippen LogP contribution >= 0.6 is 11.3 Å². The Morgan fingerprint density at radius 2 is 2.25 bits per heavy atom. The Labute approximate surface area is 122 Å². The first-order valence-corrected chi connectivity index (χ1v) is 7.17. The molecule has 2 rings (SSSR count). The molecule has 0 aliphatic heterocycles. The number of methoxy groups -OCH3 is 1. The average Bonchev–Trinajstić information content (AvgIpc) is 2.84. The van der Waals surface area contributed by atoms with Crippen molar-refractivity contribution in [2.45, 2.75) is 20.0 Å². The molecule has 0 aliphatic rings. The van der Waals surface area contributed by atoms with Crippen molar-refractivity contribution in [3.63, 3.8) is 0 Å². The fraction of sp³-hybridized carbons (Fsp3) is 0.333. The molecule has 0 saturated carbocycles. The lowest BCUT2D eigenvalue weighted by Crippen LogP contribution is -1.93. The van der Waals surface area contributed by atoms with Crippen LogP contribution in [0.3, 0.4) is 0 Å². The molecular formula is C15H16N2O2S. The van der Waals surface area contributed by atoms with Crippen molar-refractivity contribution in [3.05, 3.63) is 34.8 Å². The van der Waals surface area contributed by atoms with Crippen LogP contribution in [-0.2, 0) is 17.8 Å². The Kier molecular flexibility index (Phi) is 5.10. The van der Waals surface area contributed by atoms with E-state index in [4.69, 9.17) is 14.7 Å². The van der Waals surface area contributed by atoms with Gasteiger partial charge >= 0.3 is 0 Å². The fourth-order valence-electron chi connectivity index (χ4n) is 1.85. The van der Waals surface area contributed by atoms with Crippen LogP contribution in [0.1, 0.15) is 17.5 Å². The minimum atomic E-state index is 0.363. The van der Waals surface area contributed by atoms with E-state index < -0.39 is 0 Å². The summed E-state index contributed by atoms with van der Waals surface area (Å²) in [5, 5.41) is 9.77. The van der Waals surface area contributed by atoms with Crippen LogP contribution in [0.2, 0.25) is 0 Å². The highest BCUT2D eigenvalue weighted by atomic mass is 32.1. The molecule has 0 unspecified atom stereocenters. The average molecular weight is 288 g/mol. The number of rotatable bonds is 6. The molecule has 0 aliphatic carbocycles. The second kappa shape index (κ2) is 7.04. The largest absolute Gasteiger partial charge is 0.494 e. The zero-order valence-corrected chi connectivity index (χ0v) is 12.4. The van der Waals surface area contributed by atoms with Crippen molar-refractivity contribution in [1.29, 1.82) is 5.26 Å². The maximum absolute atomic E-state index is 8.87. The van der Waals surface area contributed by atoms with Gasteiger partial charge < -0.3 is 9.47 Å². The summed E-state index contributed by atoms with van der Waals surface area (Å²) in [6.45, 7) is 3.02. The molecule has 20 heavy (non-hydrogen) atoms. The molecule has 1 aromatic heterocycles. The number of nitrogens with zero attached hydrogens (tertiary/aromatic N) is 2. The summed E-state index contributed by atoms with van der Waals surface area (Å²) >= 11 is 1.53. The molecular weight excluding hydrogens is 272 g/mol. The monoisotopic (exact) mass is 288 g/mol.